The molecule has 0 aromatic heterocycles. The summed E-state index contributed by atoms with van der Waals surface area (Å²) in [7, 11) is 0. The second-order valence-electron chi connectivity index (χ2n) is 9.57. The van der Waals surface area contributed by atoms with Gasteiger partial charge < -0.3 is 19.5 Å². The van der Waals surface area contributed by atoms with Crippen molar-refractivity contribution >= 4 is 6.09 Å². The van der Waals surface area contributed by atoms with Gasteiger partial charge in [-0.2, -0.15) is 0 Å². The minimum absolute atomic E-state index is 0.225. The van der Waals surface area contributed by atoms with E-state index in [4.69, 9.17) is 9.47 Å². The van der Waals surface area contributed by atoms with Gasteiger partial charge in [-0.3, -0.25) is 4.90 Å². The van der Waals surface area contributed by atoms with Crippen molar-refractivity contribution in [2.45, 2.75) is 51.6 Å². The summed E-state index contributed by atoms with van der Waals surface area (Å²) in [4.78, 5) is 15.7. The predicted octanol–water partition coefficient (Wildman–Crippen LogP) is 2.35. The monoisotopic (exact) mass is 380 g/mol. The average molecular weight is 381 g/mol. The summed E-state index contributed by atoms with van der Waals surface area (Å²) in [6.07, 6.45) is 7.75. The second-order valence-corrected chi connectivity index (χ2v) is 9.57. The summed E-state index contributed by atoms with van der Waals surface area (Å²) < 4.78 is 11.1. The summed E-state index contributed by atoms with van der Waals surface area (Å²) in [5, 5.41) is 10.4. The molecule has 0 aromatic rings. The van der Waals surface area contributed by atoms with E-state index >= 15 is 0 Å². The molecule has 5 fully saturated rings. The van der Waals surface area contributed by atoms with Crippen LogP contribution in [0.25, 0.3) is 0 Å². The molecule has 0 aromatic carbocycles. The smallest absolute Gasteiger partial charge is 0.409 e. The molecule has 1 aliphatic heterocycles. The fraction of sp³-hybridized carbons (Fsp3) is 0.952. The van der Waals surface area contributed by atoms with Crippen LogP contribution in [0.15, 0.2) is 0 Å². The number of piperazine rings is 1. The van der Waals surface area contributed by atoms with Gasteiger partial charge in [0.25, 0.3) is 0 Å². The fourth-order valence-corrected chi connectivity index (χ4v) is 6.56. The standard InChI is InChI=1S/C21H36N2O4/c1-2-27-20(25)23-5-3-22(4-6-23)13-19(24)14-26-15-21-10-16-7-17(11-21)9-18(8-16)12-21/h16-19,24H,2-15H2,1H3/t16?,17?,18?,19-,21?/m1/s1. The van der Waals surface area contributed by atoms with E-state index in [9.17, 15) is 9.90 Å². The van der Waals surface area contributed by atoms with Crippen LogP contribution in [-0.4, -0.2) is 79.6 Å². The molecule has 0 unspecified atom stereocenters. The van der Waals surface area contributed by atoms with Crippen LogP contribution in [0.2, 0.25) is 0 Å². The maximum atomic E-state index is 11.7. The van der Waals surface area contributed by atoms with E-state index in [1.807, 2.05) is 6.92 Å². The topological polar surface area (TPSA) is 62.2 Å². The first-order valence-electron chi connectivity index (χ1n) is 10.9. The molecule has 5 rings (SSSR count). The van der Waals surface area contributed by atoms with Gasteiger partial charge in [0.1, 0.15) is 0 Å². The van der Waals surface area contributed by atoms with Crippen LogP contribution < -0.4 is 0 Å². The molecule has 1 atom stereocenters. The number of nitrogens with zero attached hydrogens (tertiary/aromatic N) is 2. The zero-order chi connectivity index (χ0) is 18.9. The van der Waals surface area contributed by atoms with Crippen molar-refractivity contribution in [3.8, 4) is 0 Å². The van der Waals surface area contributed by atoms with Crippen LogP contribution in [0, 0.1) is 23.2 Å². The van der Waals surface area contributed by atoms with E-state index < -0.39 is 6.10 Å². The van der Waals surface area contributed by atoms with E-state index in [1.54, 1.807) is 4.90 Å². The lowest BCUT2D eigenvalue weighted by Crippen LogP contribution is -2.51. The normalized spacial score (nSPS) is 36.8. The Balaban J connectivity index is 1.15. The summed E-state index contributed by atoms with van der Waals surface area (Å²) in [6.45, 7) is 7.03. The summed E-state index contributed by atoms with van der Waals surface area (Å²) in [6, 6.07) is 0. The third-order valence-corrected chi connectivity index (χ3v) is 7.25. The lowest BCUT2D eigenvalue weighted by molar-refractivity contribution is -0.107. The van der Waals surface area contributed by atoms with Crippen LogP contribution in [0.4, 0.5) is 4.79 Å². The van der Waals surface area contributed by atoms with Gasteiger partial charge in [0, 0.05) is 32.7 Å². The molecule has 1 saturated heterocycles. The predicted molar refractivity (Wildman–Crippen MR) is 102 cm³/mol. The van der Waals surface area contributed by atoms with Gasteiger partial charge in [0.2, 0.25) is 0 Å². The van der Waals surface area contributed by atoms with E-state index in [-0.39, 0.29) is 6.09 Å². The van der Waals surface area contributed by atoms with Crippen molar-refractivity contribution in [3.63, 3.8) is 0 Å². The molecule has 4 saturated carbocycles. The van der Waals surface area contributed by atoms with Crippen molar-refractivity contribution in [2.24, 2.45) is 23.2 Å². The van der Waals surface area contributed by atoms with Gasteiger partial charge in [-0.15, -0.1) is 0 Å². The van der Waals surface area contributed by atoms with Crippen LogP contribution in [0.5, 0.6) is 0 Å². The molecule has 6 heteroatoms. The number of hydrogen-bond acceptors (Lipinski definition) is 5. The van der Waals surface area contributed by atoms with Gasteiger partial charge in [-0.05, 0) is 68.6 Å². The number of aliphatic hydroxyl groups is 1. The zero-order valence-electron chi connectivity index (χ0n) is 16.8. The quantitative estimate of drug-likeness (QED) is 0.735. The molecule has 0 radical (unpaired) electrons. The first-order chi connectivity index (χ1) is 13.0. The zero-order valence-corrected chi connectivity index (χ0v) is 16.8. The SMILES string of the molecule is CCOC(=O)N1CCN(C[C@@H](O)COCC23CC4CC(CC(C4)C2)C3)CC1. The maximum absolute atomic E-state index is 11.7. The number of carbonyl (C=O) groups is 1. The number of ether oxygens (including phenoxy) is 2. The Bertz CT molecular complexity index is 483. The molecular weight excluding hydrogens is 344 g/mol. The minimum atomic E-state index is -0.451. The Labute approximate surface area is 163 Å². The largest absolute Gasteiger partial charge is 0.450 e. The Hall–Kier alpha value is -0.850. The molecule has 27 heavy (non-hydrogen) atoms. The molecule has 154 valence electrons. The van der Waals surface area contributed by atoms with Gasteiger partial charge in [-0.1, -0.05) is 0 Å². The highest BCUT2D eigenvalue weighted by molar-refractivity contribution is 5.67. The summed E-state index contributed by atoms with van der Waals surface area (Å²) in [5.41, 5.74) is 0.416. The maximum Gasteiger partial charge on any atom is 0.409 e. The van der Waals surface area contributed by atoms with Crippen molar-refractivity contribution < 1.29 is 19.4 Å². The molecular formula is C21H36N2O4. The van der Waals surface area contributed by atoms with E-state index in [2.05, 4.69) is 4.90 Å². The minimum Gasteiger partial charge on any atom is -0.450 e. The summed E-state index contributed by atoms with van der Waals surface area (Å²) >= 11 is 0. The average Bonchev–Trinajstić information content (AvgIpc) is 2.61. The highest BCUT2D eigenvalue weighted by atomic mass is 16.6. The molecule has 4 aliphatic carbocycles. The first kappa shape index (κ1) is 19.5. The third-order valence-electron chi connectivity index (χ3n) is 7.25. The number of aliphatic hydroxyl groups excluding tert-OH is 1. The lowest BCUT2D eigenvalue weighted by Gasteiger charge is -2.56. The molecule has 1 heterocycles. The molecule has 1 N–H and O–H groups in total. The number of carbonyl (C=O) groups excluding carboxylic acids is 1. The van der Waals surface area contributed by atoms with Crippen molar-refractivity contribution in [2.75, 3.05) is 52.5 Å². The number of amides is 1. The lowest BCUT2D eigenvalue weighted by atomic mass is 9.50. The number of hydrogen-bond donors (Lipinski definition) is 1. The van der Waals surface area contributed by atoms with Crippen molar-refractivity contribution in [3.05, 3.63) is 0 Å². The van der Waals surface area contributed by atoms with E-state index in [1.165, 1.54) is 38.5 Å². The van der Waals surface area contributed by atoms with Crippen molar-refractivity contribution in [1.29, 1.82) is 0 Å². The Morgan fingerprint density at radius 1 is 1.07 bits per heavy atom. The van der Waals surface area contributed by atoms with Crippen LogP contribution >= 0.6 is 0 Å². The van der Waals surface area contributed by atoms with Crippen molar-refractivity contribution in [1.82, 2.24) is 9.80 Å². The van der Waals surface area contributed by atoms with Gasteiger partial charge in [0.05, 0.1) is 25.9 Å². The number of rotatable bonds is 7. The highest BCUT2D eigenvalue weighted by Crippen LogP contribution is 2.60. The van der Waals surface area contributed by atoms with Crippen LogP contribution in [0.1, 0.15) is 45.4 Å². The van der Waals surface area contributed by atoms with E-state index in [0.717, 1.165) is 37.5 Å². The molecule has 0 spiro atoms. The van der Waals surface area contributed by atoms with Gasteiger partial charge in [0.15, 0.2) is 0 Å². The molecule has 6 nitrogen and oxygen atoms in total. The second kappa shape index (κ2) is 8.26. The highest BCUT2D eigenvalue weighted by Gasteiger charge is 2.50. The van der Waals surface area contributed by atoms with Gasteiger partial charge in [-0.25, -0.2) is 4.79 Å². The molecule has 1 amide bonds. The van der Waals surface area contributed by atoms with Gasteiger partial charge >= 0.3 is 6.09 Å². The number of β-amino-alcohol motifs (C(OH)–C–C–N with tert-alkyl or cyclic N) is 1. The third kappa shape index (κ3) is 4.60. The molecule has 4 bridgehead atoms. The summed E-state index contributed by atoms with van der Waals surface area (Å²) in [5.74, 6) is 2.83. The van der Waals surface area contributed by atoms with Crippen LogP contribution in [0.3, 0.4) is 0 Å². The molecule has 5 aliphatic rings. The Morgan fingerprint density at radius 2 is 1.67 bits per heavy atom. The Kier molecular flexibility index (Phi) is 5.95. The fourth-order valence-electron chi connectivity index (χ4n) is 6.56. The first-order valence-corrected chi connectivity index (χ1v) is 10.9. The Morgan fingerprint density at radius 3 is 2.22 bits per heavy atom. The van der Waals surface area contributed by atoms with E-state index in [0.29, 0.717) is 38.3 Å². The van der Waals surface area contributed by atoms with Crippen LogP contribution in [-0.2, 0) is 9.47 Å².